The van der Waals surface area contributed by atoms with E-state index < -0.39 is 0 Å². The highest BCUT2D eigenvalue weighted by Gasteiger charge is 2.27. The van der Waals surface area contributed by atoms with E-state index in [1.807, 2.05) is 18.2 Å². The number of hydrogen-bond donors (Lipinski definition) is 1. The number of nitrogens with one attached hydrogen (secondary N) is 1. The van der Waals surface area contributed by atoms with Crippen molar-refractivity contribution in [3.63, 3.8) is 0 Å². The molecule has 6 heteroatoms. The average Bonchev–Trinajstić information content (AvgIpc) is 3.31. The fraction of sp³-hybridized carbons (Fsp3) is 0.304. The highest BCUT2D eigenvalue weighted by atomic mass is 16.5. The van der Waals surface area contributed by atoms with Gasteiger partial charge >= 0.3 is 0 Å². The Morgan fingerprint density at radius 1 is 1.31 bits per heavy atom. The second kappa shape index (κ2) is 8.49. The van der Waals surface area contributed by atoms with Crippen LogP contribution in [-0.2, 0) is 24.1 Å². The SMILES string of the molecule is COCCc1ccnc(NC(=O)c2occc2CN2c3ccccc3CC2C)c1. The van der Waals surface area contributed by atoms with Crippen LogP contribution < -0.4 is 10.2 Å². The number of fused-ring (bicyclic) bond motifs is 1. The number of rotatable bonds is 7. The summed E-state index contributed by atoms with van der Waals surface area (Å²) in [5.41, 5.74) is 4.48. The highest BCUT2D eigenvalue weighted by Crippen LogP contribution is 2.33. The molecule has 1 aromatic carbocycles. The van der Waals surface area contributed by atoms with E-state index in [0.717, 1.165) is 24.0 Å². The molecule has 3 heterocycles. The Bertz CT molecular complexity index is 998. The maximum Gasteiger partial charge on any atom is 0.292 e. The average molecular weight is 391 g/mol. The first-order valence-corrected chi connectivity index (χ1v) is 9.82. The number of nitrogens with zero attached hydrogens (tertiary/aromatic N) is 2. The third-order valence-corrected chi connectivity index (χ3v) is 5.30. The second-order valence-corrected chi connectivity index (χ2v) is 7.33. The van der Waals surface area contributed by atoms with Crippen LogP contribution in [0.4, 0.5) is 11.5 Å². The molecule has 0 spiro atoms. The molecule has 1 atom stereocenters. The minimum absolute atomic E-state index is 0.290. The lowest BCUT2D eigenvalue weighted by Crippen LogP contribution is -2.29. The van der Waals surface area contributed by atoms with E-state index in [-0.39, 0.29) is 5.91 Å². The number of pyridine rings is 1. The molecule has 0 saturated carbocycles. The molecule has 0 radical (unpaired) electrons. The maximum absolute atomic E-state index is 12.8. The first kappa shape index (κ1) is 19.2. The van der Waals surface area contributed by atoms with Gasteiger partial charge in [-0.15, -0.1) is 0 Å². The molecule has 150 valence electrons. The van der Waals surface area contributed by atoms with Gasteiger partial charge in [-0.05, 0) is 55.2 Å². The number of furan rings is 1. The monoisotopic (exact) mass is 391 g/mol. The van der Waals surface area contributed by atoms with Crippen molar-refractivity contribution in [3.8, 4) is 0 Å². The van der Waals surface area contributed by atoms with Crippen LogP contribution in [0.3, 0.4) is 0 Å². The molecular formula is C23H25N3O3. The van der Waals surface area contributed by atoms with Crippen LogP contribution in [0.5, 0.6) is 0 Å². The van der Waals surface area contributed by atoms with Crippen LogP contribution in [0.15, 0.2) is 59.3 Å². The maximum atomic E-state index is 12.8. The lowest BCUT2D eigenvalue weighted by Gasteiger charge is -2.24. The smallest absolute Gasteiger partial charge is 0.292 e. The van der Waals surface area contributed by atoms with Gasteiger partial charge in [0, 0.05) is 37.1 Å². The molecule has 0 fully saturated rings. The number of carbonyl (C=O) groups excluding carboxylic acids is 1. The number of ether oxygens (including phenoxy) is 1. The molecule has 1 aliphatic heterocycles. The summed E-state index contributed by atoms with van der Waals surface area (Å²) in [6.07, 6.45) is 5.03. The summed E-state index contributed by atoms with van der Waals surface area (Å²) >= 11 is 0. The third-order valence-electron chi connectivity index (χ3n) is 5.30. The third kappa shape index (κ3) is 4.17. The number of hydrogen-bond acceptors (Lipinski definition) is 5. The van der Waals surface area contributed by atoms with Gasteiger partial charge in [0.15, 0.2) is 5.76 Å². The Morgan fingerprint density at radius 3 is 3.03 bits per heavy atom. The van der Waals surface area contributed by atoms with Gasteiger partial charge in [-0.2, -0.15) is 0 Å². The summed E-state index contributed by atoms with van der Waals surface area (Å²) in [7, 11) is 1.67. The molecule has 3 aromatic rings. The van der Waals surface area contributed by atoms with E-state index in [9.17, 15) is 4.79 Å². The summed E-state index contributed by atoms with van der Waals surface area (Å²) < 4.78 is 10.7. The van der Waals surface area contributed by atoms with Gasteiger partial charge in [-0.25, -0.2) is 4.98 Å². The fourth-order valence-corrected chi connectivity index (χ4v) is 3.80. The van der Waals surface area contributed by atoms with Crippen molar-refractivity contribution >= 4 is 17.4 Å². The van der Waals surface area contributed by atoms with Crippen LogP contribution in [-0.4, -0.2) is 30.6 Å². The Balaban J connectivity index is 1.49. The molecule has 4 rings (SSSR count). The number of carbonyl (C=O) groups is 1. The zero-order valence-corrected chi connectivity index (χ0v) is 16.7. The molecule has 1 unspecified atom stereocenters. The van der Waals surface area contributed by atoms with Crippen molar-refractivity contribution in [1.29, 1.82) is 0 Å². The molecule has 0 bridgehead atoms. The van der Waals surface area contributed by atoms with Crippen LogP contribution >= 0.6 is 0 Å². The molecule has 1 aliphatic rings. The molecular weight excluding hydrogens is 366 g/mol. The van der Waals surface area contributed by atoms with Gasteiger partial charge in [0.2, 0.25) is 0 Å². The molecule has 0 aliphatic carbocycles. The van der Waals surface area contributed by atoms with Crippen molar-refractivity contribution in [2.45, 2.75) is 32.4 Å². The van der Waals surface area contributed by atoms with Gasteiger partial charge in [0.1, 0.15) is 5.82 Å². The first-order chi connectivity index (χ1) is 14.2. The topological polar surface area (TPSA) is 67.6 Å². The largest absolute Gasteiger partial charge is 0.459 e. The number of para-hydroxylation sites is 1. The van der Waals surface area contributed by atoms with Crippen LogP contribution in [0.1, 0.15) is 34.2 Å². The second-order valence-electron chi connectivity index (χ2n) is 7.33. The van der Waals surface area contributed by atoms with E-state index in [4.69, 9.17) is 9.15 Å². The summed E-state index contributed by atoms with van der Waals surface area (Å²) in [6.45, 7) is 3.45. The van der Waals surface area contributed by atoms with Crippen molar-refractivity contribution < 1.29 is 13.9 Å². The van der Waals surface area contributed by atoms with E-state index in [0.29, 0.717) is 30.8 Å². The molecule has 1 amide bonds. The van der Waals surface area contributed by atoms with Gasteiger partial charge in [0.25, 0.3) is 5.91 Å². The number of aromatic nitrogens is 1. The van der Waals surface area contributed by atoms with E-state index >= 15 is 0 Å². The number of anilines is 2. The standard InChI is InChI=1S/C23H25N3O3/c1-16-13-18-5-3-4-6-20(18)26(16)15-19-9-12-29-22(19)23(27)25-21-14-17(7-10-24-21)8-11-28-2/h3-7,9-10,12,14,16H,8,11,13,15H2,1-2H3,(H,24,25,27). The van der Waals surface area contributed by atoms with E-state index in [2.05, 4.69) is 46.4 Å². The lowest BCUT2D eigenvalue weighted by molar-refractivity contribution is 0.0995. The predicted octanol–water partition coefficient (Wildman–Crippen LogP) is 4.07. The zero-order valence-electron chi connectivity index (χ0n) is 16.7. The van der Waals surface area contributed by atoms with Crippen molar-refractivity contribution in [2.24, 2.45) is 0 Å². The minimum atomic E-state index is -0.290. The summed E-state index contributed by atoms with van der Waals surface area (Å²) in [6, 6.07) is 14.4. The number of methoxy groups -OCH3 is 1. The van der Waals surface area contributed by atoms with Crippen LogP contribution in [0.25, 0.3) is 0 Å². The van der Waals surface area contributed by atoms with Crippen LogP contribution in [0.2, 0.25) is 0 Å². The summed E-state index contributed by atoms with van der Waals surface area (Å²) in [5.74, 6) is 0.540. The van der Waals surface area contributed by atoms with Crippen molar-refractivity contribution in [3.05, 3.63) is 77.4 Å². The summed E-state index contributed by atoms with van der Waals surface area (Å²) in [5, 5.41) is 2.85. The Labute approximate surface area is 170 Å². The van der Waals surface area contributed by atoms with Gasteiger partial charge in [0.05, 0.1) is 12.9 Å². The lowest BCUT2D eigenvalue weighted by atomic mass is 10.1. The first-order valence-electron chi connectivity index (χ1n) is 9.82. The van der Waals surface area contributed by atoms with Crippen molar-refractivity contribution in [1.82, 2.24) is 4.98 Å². The molecule has 29 heavy (non-hydrogen) atoms. The van der Waals surface area contributed by atoms with E-state index in [1.165, 1.54) is 11.3 Å². The Morgan fingerprint density at radius 2 is 2.17 bits per heavy atom. The minimum Gasteiger partial charge on any atom is -0.459 e. The number of amides is 1. The Hall–Kier alpha value is -3.12. The number of benzene rings is 1. The summed E-state index contributed by atoms with van der Waals surface area (Å²) in [4.78, 5) is 19.4. The molecule has 2 aromatic heterocycles. The van der Waals surface area contributed by atoms with Crippen molar-refractivity contribution in [2.75, 3.05) is 23.9 Å². The molecule has 0 saturated heterocycles. The quantitative estimate of drug-likeness (QED) is 0.658. The normalized spacial score (nSPS) is 15.4. The van der Waals surface area contributed by atoms with Gasteiger partial charge < -0.3 is 19.4 Å². The zero-order chi connectivity index (χ0) is 20.2. The van der Waals surface area contributed by atoms with Gasteiger partial charge in [-0.3, -0.25) is 4.79 Å². The fourth-order valence-electron chi connectivity index (χ4n) is 3.80. The van der Waals surface area contributed by atoms with E-state index in [1.54, 1.807) is 19.6 Å². The van der Waals surface area contributed by atoms with Gasteiger partial charge in [-0.1, -0.05) is 18.2 Å². The highest BCUT2D eigenvalue weighted by molar-refractivity contribution is 6.02. The predicted molar refractivity (Wildman–Crippen MR) is 112 cm³/mol. The molecule has 6 nitrogen and oxygen atoms in total. The Kier molecular flexibility index (Phi) is 5.62. The molecule has 1 N–H and O–H groups in total. The van der Waals surface area contributed by atoms with Crippen LogP contribution in [0, 0.1) is 0 Å².